The van der Waals surface area contributed by atoms with Gasteiger partial charge in [-0.3, -0.25) is 9.69 Å². The molecule has 6 heteroatoms. The number of ether oxygens (including phenoxy) is 1. The summed E-state index contributed by atoms with van der Waals surface area (Å²) in [7, 11) is 0. The highest BCUT2D eigenvalue weighted by atomic mass is 32.1. The molecule has 2 fully saturated rings. The normalized spacial score (nSPS) is 28.6. The Hall–Kier alpha value is -0.980. The zero-order valence-electron chi connectivity index (χ0n) is 13.1. The number of carbonyl (C=O) groups is 1. The van der Waals surface area contributed by atoms with E-state index in [4.69, 9.17) is 4.74 Å². The SMILES string of the molecule is CC1(C2CC2)CN(CC(=O)Nc2nc3c(s2)CCC3)CCO1. The molecule has 2 heterocycles. The maximum Gasteiger partial charge on any atom is 0.240 e. The number of aromatic nitrogens is 1. The van der Waals surface area contributed by atoms with Crippen LogP contribution in [-0.2, 0) is 22.4 Å². The van der Waals surface area contributed by atoms with Crippen LogP contribution in [0.25, 0.3) is 0 Å². The molecule has 0 bridgehead atoms. The van der Waals surface area contributed by atoms with Crippen molar-refractivity contribution in [3.05, 3.63) is 10.6 Å². The third-order valence-electron chi connectivity index (χ3n) is 5.03. The predicted octanol–water partition coefficient (Wildman–Crippen LogP) is 2.07. The Kier molecular flexibility index (Phi) is 3.71. The van der Waals surface area contributed by atoms with Gasteiger partial charge < -0.3 is 10.1 Å². The van der Waals surface area contributed by atoms with Gasteiger partial charge in [0.25, 0.3) is 0 Å². The van der Waals surface area contributed by atoms with Crippen LogP contribution in [0.1, 0.15) is 36.8 Å². The van der Waals surface area contributed by atoms with E-state index in [0.717, 1.165) is 37.7 Å². The second-order valence-electron chi connectivity index (χ2n) is 6.94. The number of amides is 1. The maximum absolute atomic E-state index is 12.3. The van der Waals surface area contributed by atoms with Gasteiger partial charge in [0.05, 0.1) is 24.4 Å². The first kappa shape index (κ1) is 14.6. The standard InChI is InChI=1S/C16H23N3O2S/c1-16(11-5-6-11)10-19(7-8-21-16)9-14(20)18-15-17-12-3-2-4-13(12)22-15/h11H,2-10H2,1H3,(H,17,18,20). The number of aryl methyl sites for hydroxylation is 2. The number of hydrogen-bond acceptors (Lipinski definition) is 5. The van der Waals surface area contributed by atoms with Crippen LogP contribution in [0, 0.1) is 5.92 Å². The van der Waals surface area contributed by atoms with Gasteiger partial charge in [-0.2, -0.15) is 0 Å². The first-order valence-electron chi connectivity index (χ1n) is 8.27. The van der Waals surface area contributed by atoms with Crippen LogP contribution in [0.5, 0.6) is 0 Å². The number of morpholine rings is 1. The minimum absolute atomic E-state index is 0.0486. The van der Waals surface area contributed by atoms with Crippen LogP contribution >= 0.6 is 11.3 Å². The van der Waals surface area contributed by atoms with Crippen molar-refractivity contribution in [1.82, 2.24) is 9.88 Å². The van der Waals surface area contributed by atoms with Crippen molar-refractivity contribution in [2.45, 2.75) is 44.6 Å². The highest BCUT2D eigenvalue weighted by Gasteiger charge is 2.45. The van der Waals surface area contributed by atoms with Gasteiger partial charge in [0, 0.05) is 18.0 Å². The van der Waals surface area contributed by atoms with E-state index in [0.29, 0.717) is 12.5 Å². The maximum atomic E-state index is 12.3. The Morgan fingerprint density at radius 3 is 3.14 bits per heavy atom. The summed E-state index contributed by atoms with van der Waals surface area (Å²) in [6.07, 6.45) is 5.91. The predicted molar refractivity (Wildman–Crippen MR) is 86.3 cm³/mol. The van der Waals surface area contributed by atoms with Gasteiger partial charge >= 0.3 is 0 Å². The second kappa shape index (κ2) is 5.58. The van der Waals surface area contributed by atoms with E-state index in [-0.39, 0.29) is 11.5 Å². The number of rotatable bonds is 4. The van der Waals surface area contributed by atoms with Crippen molar-refractivity contribution in [2.24, 2.45) is 5.92 Å². The first-order chi connectivity index (χ1) is 10.6. The largest absolute Gasteiger partial charge is 0.372 e. The zero-order chi connectivity index (χ0) is 15.2. The summed E-state index contributed by atoms with van der Waals surface area (Å²) >= 11 is 1.64. The molecule has 5 nitrogen and oxygen atoms in total. The number of fused-ring (bicyclic) bond motifs is 1. The Morgan fingerprint density at radius 1 is 1.50 bits per heavy atom. The third-order valence-corrected chi connectivity index (χ3v) is 6.10. The van der Waals surface area contributed by atoms with Crippen molar-refractivity contribution in [3.8, 4) is 0 Å². The van der Waals surface area contributed by atoms with Crippen LogP contribution in [-0.4, -0.2) is 47.6 Å². The molecule has 1 N–H and O–H groups in total. The van der Waals surface area contributed by atoms with E-state index < -0.39 is 0 Å². The molecule has 4 rings (SSSR count). The van der Waals surface area contributed by atoms with Gasteiger partial charge in [-0.05, 0) is 44.9 Å². The molecule has 1 aliphatic heterocycles. The second-order valence-corrected chi connectivity index (χ2v) is 8.02. The van der Waals surface area contributed by atoms with Crippen LogP contribution < -0.4 is 5.32 Å². The summed E-state index contributed by atoms with van der Waals surface area (Å²) in [5.74, 6) is 0.729. The van der Waals surface area contributed by atoms with Crippen LogP contribution in [0.2, 0.25) is 0 Å². The fourth-order valence-corrected chi connectivity index (χ4v) is 4.72. The Bertz CT molecular complexity index is 562. The highest BCUT2D eigenvalue weighted by molar-refractivity contribution is 7.15. The lowest BCUT2D eigenvalue weighted by molar-refractivity contribution is -0.128. The molecule has 0 spiro atoms. The lowest BCUT2D eigenvalue weighted by atomic mass is 9.98. The van der Waals surface area contributed by atoms with Gasteiger partial charge in [0.1, 0.15) is 0 Å². The number of nitrogens with zero attached hydrogens (tertiary/aromatic N) is 2. The van der Waals surface area contributed by atoms with E-state index in [1.54, 1.807) is 11.3 Å². The summed E-state index contributed by atoms with van der Waals surface area (Å²) < 4.78 is 5.98. The molecule has 1 saturated carbocycles. The minimum Gasteiger partial charge on any atom is -0.372 e. The van der Waals surface area contributed by atoms with Crippen molar-refractivity contribution in [3.63, 3.8) is 0 Å². The first-order valence-corrected chi connectivity index (χ1v) is 9.09. The summed E-state index contributed by atoms with van der Waals surface area (Å²) in [6, 6.07) is 0. The molecule has 2 aliphatic carbocycles. The quantitative estimate of drug-likeness (QED) is 0.922. The van der Waals surface area contributed by atoms with Crippen molar-refractivity contribution in [1.29, 1.82) is 0 Å². The lowest BCUT2D eigenvalue weighted by Crippen LogP contribution is -2.53. The fraction of sp³-hybridized carbons (Fsp3) is 0.750. The van der Waals surface area contributed by atoms with Crippen molar-refractivity contribution >= 4 is 22.4 Å². The summed E-state index contributed by atoms with van der Waals surface area (Å²) in [6.45, 7) is 5.06. The van der Waals surface area contributed by atoms with Gasteiger partial charge in [-0.15, -0.1) is 11.3 Å². The van der Waals surface area contributed by atoms with Gasteiger partial charge in [0.15, 0.2) is 5.13 Å². The fourth-order valence-electron chi connectivity index (χ4n) is 3.66. The molecule has 1 unspecified atom stereocenters. The van der Waals surface area contributed by atoms with E-state index in [2.05, 4.69) is 22.1 Å². The topological polar surface area (TPSA) is 54.5 Å². The highest BCUT2D eigenvalue weighted by Crippen LogP contribution is 2.43. The molecule has 22 heavy (non-hydrogen) atoms. The van der Waals surface area contributed by atoms with Crippen molar-refractivity contribution < 1.29 is 9.53 Å². The molecule has 1 aromatic heterocycles. The molecule has 1 amide bonds. The molecule has 1 saturated heterocycles. The summed E-state index contributed by atoms with van der Waals surface area (Å²) in [5.41, 5.74) is 1.13. The smallest absolute Gasteiger partial charge is 0.240 e. The monoisotopic (exact) mass is 321 g/mol. The third kappa shape index (κ3) is 2.92. The molecule has 0 aromatic carbocycles. The molecule has 0 radical (unpaired) electrons. The number of nitrogens with one attached hydrogen (secondary N) is 1. The lowest BCUT2D eigenvalue weighted by Gasteiger charge is -2.40. The summed E-state index contributed by atoms with van der Waals surface area (Å²) in [4.78, 5) is 20.4. The van der Waals surface area contributed by atoms with Gasteiger partial charge in [-0.25, -0.2) is 4.98 Å². The zero-order valence-corrected chi connectivity index (χ0v) is 13.9. The molecular formula is C16H23N3O2S. The van der Waals surface area contributed by atoms with Gasteiger partial charge in [-0.1, -0.05) is 0 Å². The van der Waals surface area contributed by atoms with E-state index >= 15 is 0 Å². The Labute approximate surface area is 135 Å². The molecule has 120 valence electrons. The van der Waals surface area contributed by atoms with E-state index in [1.165, 1.54) is 29.8 Å². The van der Waals surface area contributed by atoms with Crippen LogP contribution in [0.4, 0.5) is 5.13 Å². The van der Waals surface area contributed by atoms with Gasteiger partial charge in [0.2, 0.25) is 5.91 Å². The number of thiazole rings is 1. The van der Waals surface area contributed by atoms with Crippen molar-refractivity contribution in [2.75, 3.05) is 31.6 Å². The van der Waals surface area contributed by atoms with Crippen LogP contribution in [0.15, 0.2) is 0 Å². The molecule has 1 atom stereocenters. The average Bonchev–Trinajstić information content (AvgIpc) is 3.13. The summed E-state index contributed by atoms with van der Waals surface area (Å²) in [5, 5.41) is 3.75. The molecular weight excluding hydrogens is 298 g/mol. The van der Waals surface area contributed by atoms with E-state index in [9.17, 15) is 4.79 Å². The Morgan fingerprint density at radius 2 is 2.36 bits per heavy atom. The number of carbonyl (C=O) groups excluding carboxylic acids is 1. The number of hydrogen-bond donors (Lipinski definition) is 1. The minimum atomic E-state index is -0.0547. The number of anilines is 1. The average molecular weight is 321 g/mol. The van der Waals surface area contributed by atoms with E-state index in [1.807, 2.05) is 0 Å². The molecule has 3 aliphatic rings. The van der Waals surface area contributed by atoms with Crippen LogP contribution in [0.3, 0.4) is 0 Å². The molecule has 1 aromatic rings. The Balaban J connectivity index is 1.33.